The highest BCUT2D eigenvalue weighted by molar-refractivity contribution is 7.99. The summed E-state index contributed by atoms with van der Waals surface area (Å²) in [6.45, 7) is 1.19. The van der Waals surface area contributed by atoms with Crippen molar-refractivity contribution in [2.75, 3.05) is 26.0 Å². The second-order valence-electron chi connectivity index (χ2n) is 5.16. The van der Waals surface area contributed by atoms with Crippen molar-refractivity contribution in [1.29, 1.82) is 0 Å². The second-order valence-corrected chi connectivity index (χ2v) is 6.10. The predicted octanol–water partition coefficient (Wildman–Crippen LogP) is -0.219. The Kier molecular flexibility index (Phi) is 5.08. The van der Waals surface area contributed by atoms with Crippen molar-refractivity contribution in [1.82, 2.24) is 35.3 Å². The van der Waals surface area contributed by atoms with Crippen molar-refractivity contribution >= 4 is 17.7 Å². The van der Waals surface area contributed by atoms with Crippen molar-refractivity contribution in [3.63, 3.8) is 0 Å². The Hall–Kier alpha value is -2.43. The minimum absolute atomic E-state index is 0.0370. The van der Waals surface area contributed by atoms with Gasteiger partial charge in [0.15, 0.2) is 0 Å². The molecule has 10 nitrogen and oxygen atoms in total. The number of hydrogen-bond acceptors (Lipinski definition) is 9. The topological polar surface area (TPSA) is 108 Å². The number of aromatic nitrogens is 6. The summed E-state index contributed by atoms with van der Waals surface area (Å²) >= 11 is 1.32. The lowest BCUT2D eigenvalue weighted by Gasteiger charge is -2.16. The molecule has 24 heavy (non-hydrogen) atoms. The fraction of sp³-hybridized carbons (Fsp3) is 0.538. The van der Waals surface area contributed by atoms with Gasteiger partial charge in [-0.3, -0.25) is 4.79 Å². The molecule has 1 aliphatic rings. The zero-order chi connectivity index (χ0) is 16.9. The van der Waals surface area contributed by atoms with E-state index in [0.717, 1.165) is 6.42 Å². The Bertz CT molecular complexity index is 693. The fourth-order valence-electron chi connectivity index (χ4n) is 2.26. The number of hydrogen-bond donors (Lipinski definition) is 0. The Morgan fingerprint density at radius 1 is 1.33 bits per heavy atom. The van der Waals surface area contributed by atoms with Crippen LogP contribution in [0.4, 0.5) is 0 Å². The van der Waals surface area contributed by atoms with E-state index in [9.17, 15) is 4.79 Å². The van der Waals surface area contributed by atoms with E-state index < -0.39 is 0 Å². The van der Waals surface area contributed by atoms with Gasteiger partial charge in [-0.05, 0) is 10.4 Å². The molecule has 1 amide bonds. The van der Waals surface area contributed by atoms with Crippen LogP contribution in [-0.4, -0.2) is 73.3 Å². The molecule has 1 unspecified atom stereocenters. The van der Waals surface area contributed by atoms with Crippen molar-refractivity contribution in [2.24, 2.45) is 7.05 Å². The van der Waals surface area contributed by atoms with Gasteiger partial charge in [0.25, 0.3) is 0 Å². The molecule has 0 saturated carbocycles. The molecule has 11 heteroatoms. The first-order valence-corrected chi connectivity index (χ1v) is 8.31. The third-order valence-corrected chi connectivity index (χ3v) is 4.51. The molecule has 2 aromatic heterocycles. The molecular formula is C13H17N7O3S. The van der Waals surface area contributed by atoms with Gasteiger partial charge in [0.2, 0.25) is 22.8 Å². The summed E-state index contributed by atoms with van der Waals surface area (Å²) in [5.41, 5.74) is 0. The van der Waals surface area contributed by atoms with Crippen LogP contribution in [-0.2, 0) is 11.8 Å². The van der Waals surface area contributed by atoms with E-state index in [2.05, 4.69) is 25.7 Å². The summed E-state index contributed by atoms with van der Waals surface area (Å²) in [6, 6.07) is 3.39. The molecule has 1 fully saturated rings. The van der Waals surface area contributed by atoms with Crippen molar-refractivity contribution in [2.45, 2.75) is 17.7 Å². The molecular weight excluding hydrogens is 334 g/mol. The summed E-state index contributed by atoms with van der Waals surface area (Å²) in [7, 11) is 3.27. The first kappa shape index (κ1) is 16.4. The van der Waals surface area contributed by atoms with Crippen LogP contribution in [0.25, 0.3) is 0 Å². The molecule has 3 heterocycles. The summed E-state index contributed by atoms with van der Waals surface area (Å²) in [5, 5.41) is 19.5. The minimum Gasteiger partial charge on any atom is -0.480 e. The molecule has 0 aromatic carbocycles. The van der Waals surface area contributed by atoms with Gasteiger partial charge >= 0.3 is 0 Å². The Balaban J connectivity index is 1.47. The number of tetrazole rings is 1. The minimum atomic E-state index is -0.0851. The van der Waals surface area contributed by atoms with Gasteiger partial charge in [-0.25, -0.2) is 4.68 Å². The zero-order valence-electron chi connectivity index (χ0n) is 13.3. The van der Waals surface area contributed by atoms with Crippen molar-refractivity contribution in [3.05, 3.63) is 12.1 Å². The molecule has 0 N–H and O–H groups in total. The summed E-state index contributed by atoms with van der Waals surface area (Å²) in [4.78, 5) is 14.0. The smallest absolute Gasteiger partial charge is 0.233 e. The van der Waals surface area contributed by atoms with E-state index in [1.165, 1.54) is 23.6 Å². The van der Waals surface area contributed by atoms with Gasteiger partial charge in [-0.1, -0.05) is 11.8 Å². The maximum Gasteiger partial charge on any atom is 0.233 e. The number of ether oxygens (including phenoxy) is 2. The van der Waals surface area contributed by atoms with Crippen LogP contribution in [0, 0.1) is 0 Å². The molecule has 2 aromatic rings. The van der Waals surface area contributed by atoms with Crippen LogP contribution in [0.2, 0.25) is 0 Å². The summed E-state index contributed by atoms with van der Waals surface area (Å²) in [5.74, 6) is 1.19. The maximum atomic E-state index is 12.3. The summed E-state index contributed by atoms with van der Waals surface area (Å²) in [6.07, 6.45) is 0.674. The lowest BCUT2D eigenvalue weighted by atomic mass is 10.3. The van der Waals surface area contributed by atoms with E-state index in [1.807, 2.05) is 0 Å². The number of rotatable bonds is 6. The highest BCUT2D eigenvalue weighted by atomic mass is 32.2. The number of nitrogens with zero attached hydrogens (tertiary/aromatic N) is 7. The molecule has 0 radical (unpaired) electrons. The third-order valence-electron chi connectivity index (χ3n) is 3.52. The molecule has 1 aliphatic heterocycles. The van der Waals surface area contributed by atoms with Crippen LogP contribution >= 0.6 is 11.8 Å². The van der Waals surface area contributed by atoms with Crippen LogP contribution in [0.3, 0.4) is 0 Å². The maximum absolute atomic E-state index is 12.3. The standard InChI is InChI=1S/C13H17N7O3S/c1-19-13(16-17-18-19)24-8-12(21)20-6-5-9(7-20)23-11-4-3-10(22-2)14-15-11/h3-4,9H,5-8H2,1-2H3. The van der Waals surface area contributed by atoms with Crippen LogP contribution < -0.4 is 9.47 Å². The largest absolute Gasteiger partial charge is 0.480 e. The number of likely N-dealkylation sites (tertiary alicyclic amines) is 1. The molecule has 0 bridgehead atoms. The Labute approximate surface area is 142 Å². The highest BCUT2D eigenvalue weighted by Gasteiger charge is 2.28. The van der Waals surface area contributed by atoms with E-state index in [-0.39, 0.29) is 12.0 Å². The van der Waals surface area contributed by atoms with Gasteiger partial charge in [-0.2, -0.15) is 0 Å². The Morgan fingerprint density at radius 2 is 2.12 bits per heavy atom. The quantitative estimate of drug-likeness (QED) is 0.653. The number of methoxy groups -OCH3 is 1. The number of thioether (sulfide) groups is 1. The van der Waals surface area contributed by atoms with Gasteiger partial charge in [0.1, 0.15) is 6.10 Å². The average molecular weight is 351 g/mol. The van der Waals surface area contributed by atoms with Gasteiger partial charge in [0.05, 0.1) is 19.4 Å². The number of carbonyl (C=O) groups is 1. The van der Waals surface area contributed by atoms with Crippen LogP contribution in [0.15, 0.2) is 17.3 Å². The van der Waals surface area contributed by atoms with E-state index in [1.54, 1.807) is 24.1 Å². The van der Waals surface area contributed by atoms with Crippen molar-refractivity contribution in [3.8, 4) is 11.8 Å². The molecule has 128 valence electrons. The average Bonchev–Trinajstić information content (AvgIpc) is 3.22. The zero-order valence-corrected chi connectivity index (χ0v) is 14.1. The highest BCUT2D eigenvalue weighted by Crippen LogP contribution is 2.19. The van der Waals surface area contributed by atoms with Crippen LogP contribution in [0.5, 0.6) is 11.8 Å². The third kappa shape index (κ3) is 3.91. The van der Waals surface area contributed by atoms with E-state index in [4.69, 9.17) is 9.47 Å². The fourth-order valence-corrected chi connectivity index (χ4v) is 3.02. The second kappa shape index (κ2) is 7.43. The number of amides is 1. The molecule has 1 atom stereocenters. The molecule has 0 aliphatic carbocycles. The predicted molar refractivity (Wildman–Crippen MR) is 83.7 cm³/mol. The lowest BCUT2D eigenvalue weighted by molar-refractivity contribution is -0.127. The summed E-state index contributed by atoms with van der Waals surface area (Å²) < 4.78 is 12.2. The van der Waals surface area contributed by atoms with Gasteiger partial charge in [0, 0.05) is 32.1 Å². The van der Waals surface area contributed by atoms with E-state index >= 15 is 0 Å². The van der Waals surface area contributed by atoms with Gasteiger partial charge in [-0.15, -0.1) is 15.3 Å². The Morgan fingerprint density at radius 3 is 2.79 bits per heavy atom. The normalized spacial score (nSPS) is 17.1. The van der Waals surface area contributed by atoms with Crippen LogP contribution in [0.1, 0.15) is 6.42 Å². The molecule has 1 saturated heterocycles. The first-order chi connectivity index (χ1) is 11.7. The first-order valence-electron chi connectivity index (χ1n) is 7.33. The molecule has 0 spiro atoms. The van der Waals surface area contributed by atoms with Gasteiger partial charge < -0.3 is 14.4 Å². The number of aryl methyl sites for hydroxylation is 1. The molecule has 3 rings (SSSR count). The number of carbonyl (C=O) groups excluding carboxylic acids is 1. The lowest BCUT2D eigenvalue weighted by Crippen LogP contribution is -2.32. The van der Waals surface area contributed by atoms with Crippen molar-refractivity contribution < 1.29 is 14.3 Å². The van der Waals surface area contributed by atoms with E-state index in [0.29, 0.717) is 35.8 Å². The monoisotopic (exact) mass is 351 g/mol. The SMILES string of the molecule is COc1ccc(OC2CCN(C(=O)CSc3nnnn3C)C2)nn1.